The van der Waals surface area contributed by atoms with E-state index in [4.69, 9.17) is 14.5 Å². The van der Waals surface area contributed by atoms with Crippen molar-refractivity contribution in [2.75, 3.05) is 47.0 Å². The molecule has 1 atom stereocenters. The first-order valence-corrected chi connectivity index (χ1v) is 12.9. The molecule has 29 heavy (non-hydrogen) atoms. The molecule has 0 bridgehead atoms. The molecule has 0 rings (SSSR count). The van der Waals surface area contributed by atoms with Crippen LogP contribution in [0.2, 0.25) is 0 Å². The fourth-order valence-corrected chi connectivity index (χ4v) is 3.68. The predicted octanol–water partition coefficient (Wildman–Crippen LogP) is 3.62. The summed E-state index contributed by atoms with van der Waals surface area (Å²) in [6.45, 7) is 3.68. The molecule has 0 heterocycles. The van der Waals surface area contributed by atoms with Crippen molar-refractivity contribution in [1.29, 1.82) is 0 Å². The molecule has 0 aromatic carbocycles. The molecule has 0 aliphatic carbocycles. The first-order chi connectivity index (χ1) is 13.7. The van der Waals surface area contributed by atoms with Crippen molar-refractivity contribution in [3.63, 3.8) is 0 Å². The molecule has 0 amide bonds. The van der Waals surface area contributed by atoms with Crippen LogP contribution in [0.1, 0.15) is 84.0 Å². The Morgan fingerprint density at radius 1 is 0.862 bits per heavy atom. The zero-order chi connectivity index (χ0) is 22.0. The fourth-order valence-electron chi connectivity index (χ4n) is 3.36. The Balaban J connectivity index is 3.46. The second-order valence-electron chi connectivity index (χ2n) is 8.75. The molecule has 176 valence electrons. The van der Waals surface area contributed by atoms with Gasteiger partial charge in [0, 0.05) is 13.2 Å². The smallest absolute Gasteiger partial charge is 0.469 e. The minimum absolute atomic E-state index is 0.0797. The first-order valence-electron chi connectivity index (χ1n) is 11.4. The van der Waals surface area contributed by atoms with Gasteiger partial charge in [-0.15, -0.1) is 0 Å². The van der Waals surface area contributed by atoms with E-state index < -0.39 is 13.9 Å². The molecule has 0 radical (unpaired) electrons. The van der Waals surface area contributed by atoms with Gasteiger partial charge in [0.05, 0.1) is 20.6 Å². The number of phosphoric acid groups is 1. The molecule has 0 spiro atoms. The number of hydrogen-bond donors (Lipinski definition) is 2. The van der Waals surface area contributed by atoms with Crippen LogP contribution >= 0.6 is 7.82 Å². The average molecular weight is 440 g/mol. The highest BCUT2D eigenvalue weighted by molar-refractivity contribution is 7.46. The van der Waals surface area contributed by atoms with Gasteiger partial charge in [0.25, 0.3) is 0 Å². The lowest BCUT2D eigenvalue weighted by Gasteiger charge is -2.36. The summed E-state index contributed by atoms with van der Waals surface area (Å²) in [6, 6.07) is 0. The van der Waals surface area contributed by atoms with Gasteiger partial charge in [-0.1, -0.05) is 83.7 Å². The Bertz CT molecular complexity index is 416. The Morgan fingerprint density at radius 3 is 1.83 bits per heavy atom. The van der Waals surface area contributed by atoms with Crippen LogP contribution in [0.15, 0.2) is 0 Å². The van der Waals surface area contributed by atoms with Crippen molar-refractivity contribution >= 4 is 7.82 Å². The van der Waals surface area contributed by atoms with E-state index >= 15 is 0 Å². The number of phosphoric ester groups is 1. The van der Waals surface area contributed by atoms with E-state index in [-0.39, 0.29) is 13.2 Å². The second kappa shape index (κ2) is 17.6. The van der Waals surface area contributed by atoms with E-state index in [1.165, 1.54) is 64.2 Å². The molecule has 8 heteroatoms. The molecule has 0 saturated carbocycles. The monoisotopic (exact) mass is 439 g/mol. The summed E-state index contributed by atoms with van der Waals surface area (Å²) in [5, 5.41) is 12.1. The number of hydrogen-bond acceptors (Lipinski definition) is 4. The van der Waals surface area contributed by atoms with Gasteiger partial charge in [-0.25, -0.2) is 4.57 Å². The Morgan fingerprint density at radius 2 is 1.34 bits per heavy atom. The van der Waals surface area contributed by atoms with Gasteiger partial charge in [-0.2, -0.15) is 0 Å². The zero-order valence-electron chi connectivity index (χ0n) is 19.0. The maximum absolute atomic E-state index is 12.1. The van der Waals surface area contributed by atoms with Gasteiger partial charge in [-0.3, -0.25) is 4.52 Å². The summed E-state index contributed by atoms with van der Waals surface area (Å²) >= 11 is 0. The van der Waals surface area contributed by atoms with E-state index in [0.29, 0.717) is 24.2 Å². The molecule has 2 N–H and O–H groups in total. The minimum atomic E-state index is -4.44. The van der Waals surface area contributed by atoms with Crippen LogP contribution in [0.4, 0.5) is 0 Å². The van der Waals surface area contributed by atoms with E-state index in [2.05, 4.69) is 11.4 Å². The highest BCUT2D eigenvalue weighted by Crippen LogP contribution is 2.35. The van der Waals surface area contributed by atoms with Crippen LogP contribution in [-0.2, 0) is 13.8 Å². The molecule has 1 unspecified atom stereocenters. The lowest BCUT2D eigenvalue weighted by Crippen LogP contribution is -2.52. The van der Waals surface area contributed by atoms with E-state index in [1.807, 2.05) is 14.1 Å². The Kier molecular flexibility index (Phi) is 17.6. The van der Waals surface area contributed by atoms with Crippen LogP contribution in [0.5, 0.6) is 0 Å². The largest absolute Gasteiger partial charge is 0.846 e. The van der Waals surface area contributed by atoms with Crippen LogP contribution in [0.25, 0.3) is 0 Å². The summed E-state index contributed by atoms with van der Waals surface area (Å²) < 4.78 is 21.0. The Hall–Kier alpha value is -0.0100. The normalized spacial score (nSPS) is 13.7. The number of quaternary nitrogens is 1. The number of likely N-dealkylation sites (N-methyl/N-ethyl adjacent to an activating group) is 1. The van der Waals surface area contributed by atoms with Crippen molar-refractivity contribution in [2.45, 2.75) is 90.1 Å². The van der Waals surface area contributed by atoms with Crippen LogP contribution in [0, 0.1) is 0 Å². The van der Waals surface area contributed by atoms with Crippen LogP contribution in [-0.4, -0.2) is 67.4 Å². The number of rotatable bonds is 21. The summed E-state index contributed by atoms with van der Waals surface area (Å²) in [5.41, 5.74) is 0. The first kappa shape index (κ1) is 29.0. The van der Waals surface area contributed by atoms with Crippen molar-refractivity contribution in [2.24, 2.45) is 0 Å². The molecule has 0 saturated heterocycles. The second-order valence-corrected chi connectivity index (χ2v) is 9.99. The third-order valence-electron chi connectivity index (χ3n) is 5.10. The van der Waals surface area contributed by atoms with Crippen molar-refractivity contribution in [3.05, 3.63) is 0 Å². The van der Waals surface area contributed by atoms with E-state index in [0.717, 1.165) is 12.8 Å². The molecule has 0 aliphatic rings. The summed E-state index contributed by atoms with van der Waals surface area (Å²) in [7, 11) is -0.751. The predicted molar refractivity (Wildman–Crippen MR) is 116 cm³/mol. The van der Waals surface area contributed by atoms with Crippen molar-refractivity contribution in [1.82, 2.24) is 0 Å². The summed E-state index contributed by atoms with van der Waals surface area (Å²) in [6.07, 6.45) is 14.7. The molecular formula is C21H46NO6P. The number of unbranched alkanes of at least 4 members (excludes halogenated alkanes) is 11. The van der Waals surface area contributed by atoms with E-state index in [1.54, 1.807) is 0 Å². The van der Waals surface area contributed by atoms with Gasteiger partial charge >= 0.3 is 7.82 Å². The lowest BCUT2D eigenvalue weighted by molar-refractivity contribution is -0.899. The molecule has 0 fully saturated rings. The highest BCUT2D eigenvalue weighted by atomic mass is 31.2. The highest BCUT2D eigenvalue weighted by Gasteiger charge is 2.20. The van der Waals surface area contributed by atoms with Gasteiger partial charge in [0.15, 0.2) is 0 Å². The summed E-state index contributed by atoms with van der Waals surface area (Å²) in [4.78, 5) is 17.4. The SMILES string of the molecule is CCCCCCCCCCCCCCOCC([O-])C[N+](C)(C)CCOP(=O)(O)O. The van der Waals surface area contributed by atoms with Crippen LogP contribution in [0.3, 0.4) is 0 Å². The molecular weight excluding hydrogens is 393 g/mol. The summed E-state index contributed by atoms with van der Waals surface area (Å²) in [5.74, 6) is 0. The maximum atomic E-state index is 12.1. The minimum Gasteiger partial charge on any atom is -0.846 e. The topological polar surface area (TPSA) is 99.0 Å². The van der Waals surface area contributed by atoms with Gasteiger partial charge < -0.3 is 24.1 Å². The van der Waals surface area contributed by atoms with Crippen molar-refractivity contribution < 1.29 is 33.2 Å². The molecule has 0 aliphatic heterocycles. The van der Waals surface area contributed by atoms with Crippen molar-refractivity contribution in [3.8, 4) is 0 Å². The number of ether oxygens (including phenoxy) is 1. The number of nitrogens with zero attached hydrogens (tertiary/aromatic N) is 1. The standard InChI is InChI=1S/C21H46NO6P/c1-4-5-6-7-8-9-10-11-12-13-14-15-17-27-20-21(23)19-22(2,3)16-18-28-29(24,25)26/h21H,4-20H2,1-3H3,(H2,24,25,26). The molecule has 0 aromatic rings. The van der Waals surface area contributed by atoms with Gasteiger partial charge in [0.2, 0.25) is 0 Å². The third kappa shape index (κ3) is 22.5. The quantitative estimate of drug-likeness (QED) is 0.161. The zero-order valence-corrected chi connectivity index (χ0v) is 19.9. The molecule has 0 aromatic heterocycles. The molecule has 7 nitrogen and oxygen atoms in total. The lowest BCUT2D eigenvalue weighted by atomic mass is 10.1. The van der Waals surface area contributed by atoms with Gasteiger partial charge in [0.1, 0.15) is 13.2 Å². The maximum Gasteiger partial charge on any atom is 0.469 e. The van der Waals surface area contributed by atoms with Gasteiger partial charge in [-0.05, 0) is 6.42 Å². The third-order valence-corrected chi connectivity index (χ3v) is 5.62. The van der Waals surface area contributed by atoms with Crippen LogP contribution < -0.4 is 5.11 Å². The Labute approximate surface area is 178 Å². The average Bonchev–Trinajstić information content (AvgIpc) is 2.60. The van der Waals surface area contributed by atoms with E-state index in [9.17, 15) is 9.67 Å². The fraction of sp³-hybridized carbons (Fsp3) is 1.00.